The summed E-state index contributed by atoms with van der Waals surface area (Å²) in [4.78, 5) is 1.45. The zero-order valence-electron chi connectivity index (χ0n) is 12.6. The largest absolute Gasteiger partial charge is 0.137 e. The van der Waals surface area contributed by atoms with Crippen molar-refractivity contribution in [2.24, 2.45) is 0 Å². The molecule has 0 aliphatic carbocycles. The average molecular weight is 341 g/mol. The van der Waals surface area contributed by atoms with Crippen LogP contribution in [0.15, 0.2) is 42.5 Å². The van der Waals surface area contributed by atoms with Gasteiger partial charge in [0.1, 0.15) is 0 Å². The number of thiophene rings is 3. The van der Waals surface area contributed by atoms with Crippen LogP contribution in [0.5, 0.6) is 0 Å². The Morgan fingerprint density at radius 3 is 2.59 bits per heavy atom. The molecule has 3 heteroatoms. The Balaban J connectivity index is 2.08. The lowest BCUT2D eigenvalue weighted by atomic mass is 10.1. The molecule has 1 aromatic carbocycles. The van der Waals surface area contributed by atoms with Crippen molar-refractivity contribution >= 4 is 69.0 Å². The minimum atomic E-state index is 0.984. The molecule has 0 fully saturated rings. The van der Waals surface area contributed by atoms with E-state index in [2.05, 4.69) is 56.8 Å². The van der Waals surface area contributed by atoms with Crippen molar-refractivity contribution in [2.45, 2.75) is 20.3 Å². The standard InChI is InChI=1S/C19H16S3/c1-4-7-12-15(10-11(2)3)21-19-16(12)22-17-13-8-5-6-9-14(13)20-18(17)19/h4-9H,2,10H2,1,3H3. The number of hydrogen-bond acceptors (Lipinski definition) is 3. The van der Waals surface area contributed by atoms with Crippen molar-refractivity contribution < 1.29 is 0 Å². The normalized spacial score (nSPS) is 12.3. The lowest BCUT2D eigenvalue weighted by Crippen LogP contribution is -1.83. The Hall–Kier alpha value is -1.42. The molecule has 0 aliphatic rings. The maximum absolute atomic E-state index is 4.09. The van der Waals surface area contributed by atoms with Gasteiger partial charge in [0.05, 0.1) is 18.8 Å². The number of rotatable bonds is 3. The summed E-state index contributed by atoms with van der Waals surface area (Å²) in [7, 11) is 0. The van der Waals surface area contributed by atoms with E-state index in [1.165, 1.54) is 44.9 Å². The van der Waals surface area contributed by atoms with Gasteiger partial charge in [0, 0.05) is 26.9 Å². The summed E-state index contributed by atoms with van der Waals surface area (Å²) in [5, 5.41) is 1.41. The zero-order valence-corrected chi connectivity index (χ0v) is 15.1. The van der Waals surface area contributed by atoms with Gasteiger partial charge in [0.15, 0.2) is 0 Å². The van der Waals surface area contributed by atoms with Crippen molar-refractivity contribution in [3.8, 4) is 0 Å². The molecule has 0 N–H and O–H groups in total. The second kappa shape index (κ2) is 5.34. The Morgan fingerprint density at radius 1 is 1.05 bits per heavy atom. The van der Waals surface area contributed by atoms with Crippen molar-refractivity contribution in [2.75, 3.05) is 0 Å². The van der Waals surface area contributed by atoms with Gasteiger partial charge in [0.2, 0.25) is 0 Å². The van der Waals surface area contributed by atoms with E-state index in [1.807, 2.05) is 34.0 Å². The van der Waals surface area contributed by atoms with Crippen LogP contribution in [0, 0.1) is 0 Å². The van der Waals surface area contributed by atoms with Crippen LogP contribution in [-0.2, 0) is 6.42 Å². The predicted molar refractivity (Wildman–Crippen MR) is 106 cm³/mol. The van der Waals surface area contributed by atoms with Crippen LogP contribution in [0.2, 0.25) is 0 Å². The van der Waals surface area contributed by atoms with E-state index in [0.29, 0.717) is 0 Å². The highest BCUT2D eigenvalue weighted by molar-refractivity contribution is 7.41. The first-order valence-electron chi connectivity index (χ1n) is 7.31. The fourth-order valence-corrected chi connectivity index (χ4v) is 7.32. The van der Waals surface area contributed by atoms with E-state index >= 15 is 0 Å². The summed E-state index contributed by atoms with van der Waals surface area (Å²) in [6.07, 6.45) is 5.40. The number of hydrogen-bond donors (Lipinski definition) is 0. The molecule has 0 saturated heterocycles. The fourth-order valence-electron chi connectivity index (χ4n) is 2.84. The topological polar surface area (TPSA) is 0 Å². The molecule has 0 atom stereocenters. The molecule has 0 unspecified atom stereocenters. The van der Waals surface area contributed by atoms with Gasteiger partial charge in [-0.25, -0.2) is 0 Å². The zero-order chi connectivity index (χ0) is 15.3. The molecule has 0 spiro atoms. The molecule has 110 valence electrons. The SMILES string of the molecule is C=C(C)Cc1sc2c(sc3c4ccccc4sc23)c1C=CC. The Labute approximate surface area is 142 Å². The predicted octanol–water partition coefficient (Wildman–Crippen LogP) is 7.48. The molecule has 4 rings (SSSR count). The van der Waals surface area contributed by atoms with Gasteiger partial charge in [-0.05, 0) is 19.9 Å². The van der Waals surface area contributed by atoms with Crippen molar-refractivity contribution in [3.05, 3.63) is 52.9 Å². The molecule has 4 aromatic rings. The summed E-state index contributed by atoms with van der Waals surface area (Å²) >= 11 is 5.84. The van der Waals surface area contributed by atoms with Crippen LogP contribution in [0.25, 0.3) is 35.0 Å². The molecular weight excluding hydrogens is 324 g/mol. The van der Waals surface area contributed by atoms with Gasteiger partial charge >= 0.3 is 0 Å². The molecular formula is C19H16S3. The monoisotopic (exact) mass is 340 g/mol. The molecule has 3 aromatic heterocycles. The van der Waals surface area contributed by atoms with Gasteiger partial charge in [0.25, 0.3) is 0 Å². The van der Waals surface area contributed by atoms with Gasteiger partial charge in [-0.3, -0.25) is 0 Å². The second-order valence-corrected chi connectivity index (χ2v) is 8.77. The fraction of sp³-hybridized carbons (Fsp3) is 0.158. The van der Waals surface area contributed by atoms with E-state index < -0.39 is 0 Å². The maximum atomic E-state index is 4.09. The van der Waals surface area contributed by atoms with E-state index in [4.69, 9.17) is 0 Å². The Morgan fingerprint density at radius 2 is 1.82 bits per heavy atom. The van der Waals surface area contributed by atoms with Crippen molar-refractivity contribution in [3.63, 3.8) is 0 Å². The number of benzene rings is 1. The van der Waals surface area contributed by atoms with E-state index in [0.717, 1.165) is 6.42 Å². The minimum Gasteiger partial charge on any atom is -0.137 e. The molecule has 0 bridgehead atoms. The van der Waals surface area contributed by atoms with Crippen LogP contribution in [-0.4, -0.2) is 0 Å². The molecule has 0 nitrogen and oxygen atoms in total. The summed E-state index contributed by atoms with van der Waals surface area (Å²) < 4.78 is 7.23. The first-order chi connectivity index (χ1) is 10.7. The Kier molecular flexibility index (Phi) is 3.44. The molecule has 0 saturated carbocycles. The van der Waals surface area contributed by atoms with Crippen LogP contribution >= 0.6 is 34.0 Å². The third-order valence-corrected chi connectivity index (χ3v) is 7.79. The first kappa shape index (κ1) is 14.2. The molecule has 0 aliphatic heterocycles. The maximum Gasteiger partial charge on any atom is 0.0642 e. The Bertz CT molecular complexity index is 1040. The van der Waals surface area contributed by atoms with Gasteiger partial charge in [-0.1, -0.05) is 42.5 Å². The van der Waals surface area contributed by atoms with Gasteiger partial charge in [-0.15, -0.1) is 34.0 Å². The highest BCUT2D eigenvalue weighted by Crippen LogP contribution is 2.49. The highest BCUT2D eigenvalue weighted by atomic mass is 32.1. The average Bonchev–Trinajstić information content (AvgIpc) is 3.10. The first-order valence-corrected chi connectivity index (χ1v) is 9.76. The lowest BCUT2D eigenvalue weighted by Gasteiger charge is -1.98. The van der Waals surface area contributed by atoms with E-state index in [9.17, 15) is 0 Å². The van der Waals surface area contributed by atoms with Crippen LogP contribution in [0.1, 0.15) is 24.3 Å². The van der Waals surface area contributed by atoms with E-state index in [-0.39, 0.29) is 0 Å². The van der Waals surface area contributed by atoms with Gasteiger partial charge < -0.3 is 0 Å². The van der Waals surface area contributed by atoms with Crippen molar-refractivity contribution in [1.29, 1.82) is 0 Å². The smallest absolute Gasteiger partial charge is 0.0642 e. The number of allylic oxidation sites excluding steroid dienone is 2. The summed E-state index contributed by atoms with van der Waals surface area (Å²) in [6.45, 7) is 8.30. The summed E-state index contributed by atoms with van der Waals surface area (Å²) in [5.41, 5.74) is 2.63. The highest BCUT2D eigenvalue weighted by Gasteiger charge is 2.18. The third-order valence-electron chi connectivity index (χ3n) is 3.73. The third kappa shape index (κ3) is 2.08. The summed E-state index contributed by atoms with van der Waals surface area (Å²) in [5.74, 6) is 0. The minimum absolute atomic E-state index is 0.984. The lowest BCUT2D eigenvalue weighted by molar-refractivity contribution is 1.19. The molecule has 0 radical (unpaired) electrons. The van der Waals surface area contributed by atoms with E-state index in [1.54, 1.807) is 0 Å². The van der Waals surface area contributed by atoms with Gasteiger partial charge in [-0.2, -0.15) is 0 Å². The van der Waals surface area contributed by atoms with Crippen LogP contribution < -0.4 is 0 Å². The molecule has 0 amide bonds. The molecule has 3 heterocycles. The quantitative estimate of drug-likeness (QED) is 0.339. The summed E-state index contributed by atoms with van der Waals surface area (Å²) in [6, 6.07) is 8.75. The number of fused-ring (bicyclic) bond motifs is 5. The van der Waals surface area contributed by atoms with Crippen molar-refractivity contribution in [1.82, 2.24) is 0 Å². The molecule has 22 heavy (non-hydrogen) atoms. The van der Waals surface area contributed by atoms with Crippen LogP contribution in [0.4, 0.5) is 0 Å². The van der Waals surface area contributed by atoms with Crippen LogP contribution in [0.3, 0.4) is 0 Å². The second-order valence-electron chi connectivity index (χ2n) is 5.59.